The zero-order valence-electron chi connectivity index (χ0n) is 15.7. The summed E-state index contributed by atoms with van der Waals surface area (Å²) in [5.41, 5.74) is 3.61. The van der Waals surface area contributed by atoms with Gasteiger partial charge in [-0.2, -0.15) is 0 Å². The van der Waals surface area contributed by atoms with Crippen LogP contribution in [0.5, 0.6) is 0 Å². The number of carbonyl (C=O) groups is 1. The van der Waals surface area contributed by atoms with Crippen LogP contribution in [0.15, 0.2) is 60.8 Å². The van der Waals surface area contributed by atoms with E-state index < -0.39 is 0 Å². The fourth-order valence-electron chi connectivity index (χ4n) is 3.31. The lowest BCUT2D eigenvalue weighted by atomic mass is 10.1. The van der Waals surface area contributed by atoms with E-state index in [-0.39, 0.29) is 12.2 Å². The Labute approximate surface area is 163 Å². The molecule has 0 N–H and O–H groups in total. The molecule has 0 spiro atoms. The summed E-state index contributed by atoms with van der Waals surface area (Å²) in [7, 11) is 1.37. The molecule has 7 nitrogen and oxygen atoms in total. The minimum Gasteiger partial charge on any atom is -0.465 e. The van der Waals surface area contributed by atoms with E-state index in [1.807, 2.05) is 36.5 Å². The highest BCUT2D eigenvalue weighted by Crippen LogP contribution is 2.27. The summed E-state index contributed by atoms with van der Waals surface area (Å²) in [5, 5.41) is 8.56. The number of benzene rings is 2. The largest absolute Gasteiger partial charge is 0.465 e. The number of rotatable bonds is 6. The molecule has 0 saturated carbocycles. The molecule has 0 radical (unpaired) electrons. The van der Waals surface area contributed by atoms with Crippen molar-refractivity contribution in [1.82, 2.24) is 19.9 Å². The summed E-state index contributed by atoms with van der Waals surface area (Å²) in [6.45, 7) is 2.92. The molecule has 3 aromatic rings. The van der Waals surface area contributed by atoms with Crippen molar-refractivity contribution in [3.05, 3.63) is 83.2 Å². The summed E-state index contributed by atoms with van der Waals surface area (Å²) in [6.07, 6.45) is 1.73. The van der Waals surface area contributed by atoms with Crippen LogP contribution in [0.3, 0.4) is 0 Å². The molecule has 1 unspecified atom stereocenters. The maximum absolute atomic E-state index is 11.5. The quantitative estimate of drug-likeness (QED) is 0.614. The molecule has 0 bridgehead atoms. The summed E-state index contributed by atoms with van der Waals surface area (Å²) < 4.78 is 12.4. The summed E-state index contributed by atoms with van der Waals surface area (Å²) in [5.74, 6) is -0.341. The predicted molar refractivity (Wildman–Crippen MR) is 102 cm³/mol. The Hall–Kier alpha value is -3.03. The van der Waals surface area contributed by atoms with E-state index in [1.54, 1.807) is 16.8 Å². The maximum atomic E-state index is 11.5. The first-order chi connectivity index (χ1) is 13.7. The first-order valence-corrected chi connectivity index (χ1v) is 9.20. The molecule has 2 aromatic carbocycles. The molecule has 0 amide bonds. The molecule has 144 valence electrons. The fraction of sp³-hybridized carbons (Fsp3) is 0.286. The highest BCUT2D eigenvalue weighted by molar-refractivity contribution is 5.89. The lowest BCUT2D eigenvalue weighted by Gasteiger charge is -2.20. The Bertz CT molecular complexity index is 924. The van der Waals surface area contributed by atoms with Crippen LogP contribution in [-0.2, 0) is 22.6 Å². The number of carbonyl (C=O) groups excluding carboxylic acids is 1. The van der Waals surface area contributed by atoms with Crippen molar-refractivity contribution in [2.75, 3.05) is 20.3 Å². The van der Waals surface area contributed by atoms with Gasteiger partial charge >= 0.3 is 5.97 Å². The van der Waals surface area contributed by atoms with Crippen molar-refractivity contribution in [1.29, 1.82) is 0 Å². The third-order valence-electron chi connectivity index (χ3n) is 4.74. The molecule has 0 aliphatic carbocycles. The van der Waals surface area contributed by atoms with Gasteiger partial charge in [-0.3, -0.25) is 4.90 Å². The Morgan fingerprint density at radius 2 is 1.86 bits per heavy atom. The number of hydrogen-bond donors (Lipinski definition) is 0. The number of aromatic nitrogens is 3. The molecule has 28 heavy (non-hydrogen) atoms. The van der Waals surface area contributed by atoms with E-state index in [1.165, 1.54) is 12.7 Å². The van der Waals surface area contributed by atoms with Gasteiger partial charge in [0.15, 0.2) is 6.23 Å². The highest BCUT2D eigenvalue weighted by atomic mass is 16.5. The van der Waals surface area contributed by atoms with Crippen molar-refractivity contribution >= 4 is 5.97 Å². The average Bonchev–Trinajstić information content (AvgIpc) is 3.38. The third kappa shape index (κ3) is 4.11. The van der Waals surface area contributed by atoms with E-state index in [2.05, 4.69) is 27.3 Å². The molecular weight excluding hydrogens is 356 g/mol. The van der Waals surface area contributed by atoms with E-state index in [0.29, 0.717) is 18.7 Å². The Balaban J connectivity index is 1.42. The van der Waals surface area contributed by atoms with Crippen molar-refractivity contribution in [2.45, 2.75) is 19.3 Å². The molecule has 1 atom stereocenters. The topological polar surface area (TPSA) is 69.5 Å². The second-order valence-electron chi connectivity index (χ2n) is 6.71. The SMILES string of the molecule is COC(=O)c1ccc(Cn2cc(C3OCCN3Cc3ccccc3)nn2)cc1. The van der Waals surface area contributed by atoms with E-state index >= 15 is 0 Å². The standard InChI is InChI=1S/C21H22N4O3/c1-27-21(26)18-9-7-17(8-10-18)14-25-15-19(22-23-25)20-24(11-12-28-20)13-16-5-3-2-4-6-16/h2-10,15,20H,11-14H2,1H3. The monoisotopic (exact) mass is 378 g/mol. The van der Waals surface area contributed by atoms with Crippen molar-refractivity contribution in [3.8, 4) is 0 Å². The van der Waals surface area contributed by atoms with E-state index in [0.717, 1.165) is 24.3 Å². The van der Waals surface area contributed by atoms with Crippen molar-refractivity contribution in [2.24, 2.45) is 0 Å². The summed E-state index contributed by atoms with van der Waals surface area (Å²) >= 11 is 0. The van der Waals surface area contributed by atoms with Gasteiger partial charge in [0.05, 0.1) is 32.0 Å². The number of esters is 1. The fourth-order valence-corrected chi connectivity index (χ4v) is 3.31. The van der Waals surface area contributed by atoms with Crippen LogP contribution in [0.25, 0.3) is 0 Å². The minimum atomic E-state index is -0.341. The molecule has 1 aliphatic rings. The smallest absolute Gasteiger partial charge is 0.337 e. The van der Waals surface area contributed by atoms with Gasteiger partial charge in [-0.05, 0) is 23.3 Å². The van der Waals surface area contributed by atoms with Crippen molar-refractivity contribution < 1.29 is 14.3 Å². The van der Waals surface area contributed by atoms with Crippen LogP contribution in [0.4, 0.5) is 0 Å². The van der Waals surface area contributed by atoms with Gasteiger partial charge in [0.25, 0.3) is 0 Å². The molecule has 1 aromatic heterocycles. The maximum Gasteiger partial charge on any atom is 0.337 e. The van der Waals surface area contributed by atoms with Gasteiger partial charge in [-0.25, -0.2) is 9.48 Å². The number of hydrogen-bond acceptors (Lipinski definition) is 6. The Morgan fingerprint density at radius 1 is 1.11 bits per heavy atom. The molecule has 1 aliphatic heterocycles. The zero-order valence-corrected chi connectivity index (χ0v) is 15.7. The predicted octanol–water partition coefficient (Wildman–Crippen LogP) is 2.64. The van der Waals surface area contributed by atoms with E-state index in [9.17, 15) is 4.79 Å². The van der Waals surface area contributed by atoms with Crippen LogP contribution < -0.4 is 0 Å². The zero-order chi connectivity index (χ0) is 19.3. The molecular formula is C21H22N4O3. The number of ether oxygens (including phenoxy) is 2. The molecule has 1 fully saturated rings. The van der Waals surface area contributed by atoms with Crippen LogP contribution in [0.1, 0.15) is 33.4 Å². The lowest BCUT2D eigenvalue weighted by Crippen LogP contribution is -2.23. The van der Waals surface area contributed by atoms with Crippen LogP contribution in [0, 0.1) is 0 Å². The van der Waals surface area contributed by atoms with Crippen LogP contribution in [-0.4, -0.2) is 46.1 Å². The molecule has 7 heteroatoms. The Morgan fingerprint density at radius 3 is 2.61 bits per heavy atom. The van der Waals surface area contributed by atoms with Gasteiger partial charge < -0.3 is 9.47 Å². The van der Waals surface area contributed by atoms with Gasteiger partial charge in [0.2, 0.25) is 0 Å². The van der Waals surface area contributed by atoms with Crippen LogP contribution in [0.2, 0.25) is 0 Å². The Kier molecular flexibility index (Phi) is 5.45. The average molecular weight is 378 g/mol. The minimum absolute atomic E-state index is 0.185. The summed E-state index contributed by atoms with van der Waals surface area (Å²) in [6, 6.07) is 17.6. The normalized spacial score (nSPS) is 17.0. The second kappa shape index (κ2) is 8.33. The summed E-state index contributed by atoms with van der Waals surface area (Å²) in [4.78, 5) is 13.8. The lowest BCUT2D eigenvalue weighted by molar-refractivity contribution is 0.0252. The van der Waals surface area contributed by atoms with E-state index in [4.69, 9.17) is 9.47 Å². The first-order valence-electron chi connectivity index (χ1n) is 9.20. The van der Waals surface area contributed by atoms with Gasteiger partial charge in [-0.1, -0.05) is 47.7 Å². The number of nitrogens with zero attached hydrogens (tertiary/aromatic N) is 4. The second-order valence-corrected chi connectivity index (χ2v) is 6.71. The third-order valence-corrected chi connectivity index (χ3v) is 4.74. The molecule has 2 heterocycles. The van der Waals surface area contributed by atoms with Crippen molar-refractivity contribution in [3.63, 3.8) is 0 Å². The van der Waals surface area contributed by atoms with Crippen LogP contribution >= 0.6 is 0 Å². The van der Waals surface area contributed by atoms with Gasteiger partial charge in [-0.15, -0.1) is 5.10 Å². The van der Waals surface area contributed by atoms with Gasteiger partial charge in [0, 0.05) is 13.1 Å². The first kappa shape index (κ1) is 18.3. The highest BCUT2D eigenvalue weighted by Gasteiger charge is 2.29. The molecule has 4 rings (SSSR count). The van der Waals surface area contributed by atoms with Gasteiger partial charge in [0.1, 0.15) is 5.69 Å². The molecule has 1 saturated heterocycles. The number of methoxy groups -OCH3 is 1.